The Morgan fingerprint density at radius 3 is 2.88 bits per heavy atom. The molecule has 0 unspecified atom stereocenters. The largest absolute Gasteiger partial charge is 0.367 e. The first-order chi connectivity index (χ1) is 7.97. The Balaban J connectivity index is 3.12. The van der Waals surface area contributed by atoms with E-state index in [-0.39, 0.29) is 11.6 Å². The molecule has 0 aliphatic rings. The standard InChI is InChI=1S/C10H11IN4O2/c1-7(3-12)6-14(2)10-8(11)4-13-5-9(10)15(16)17/h4-5,7H,6H2,1-2H3/t7-/m0/s1. The molecule has 1 aromatic heterocycles. The summed E-state index contributed by atoms with van der Waals surface area (Å²) in [5, 5.41) is 19.7. The maximum atomic E-state index is 10.9. The van der Waals surface area contributed by atoms with Crippen molar-refractivity contribution in [1.29, 1.82) is 5.26 Å². The lowest BCUT2D eigenvalue weighted by molar-refractivity contribution is -0.384. The van der Waals surface area contributed by atoms with Crippen molar-refractivity contribution in [3.63, 3.8) is 0 Å². The lowest BCUT2D eigenvalue weighted by Gasteiger charge is -2.21. The third-order valence-electron chi connectivity index (χ3n) is 2.20. The molecular weight excluding hydrogens is 335 g/mol. The van der Waals surface area contributed by atoms with Crippen molar-refractivity contribution in [3.8, 4) is 6.07 Å². The van der Waals surface area contributed by atoms with E-state index in [2.05, 4.69) is 11.1 Å². The van der Waals surface area contributed by atoms with Crippen molar-refractivity contribution in [1.82, 2.24) is 4.98 Å². The summed E-state index contributed by atoms with van der Waals surface area (Å²) in [6, 6.07) is 2.10. The molecule has 1 atom stereocenters. The third-order valence-corrected chi connectivity index (χ3v) is 2.99. The summed E-state index contributed by atoms with van der Waals surface area (Å²) < 4.78 is 0.699. The quantitative estimate of drug-likeness (QED) is 0.474. The SMILES string of the molecule is C[C@@H](C#N)CN(C)c1c(I)cncc1[N+](=O)[O-]. The molecule has 17 heavy (non-hydrogen) atoms. The van der Waals surface area contributed by atoms with E-state index in [1.165, 1.54) is 6.20 Å². The molecule has 1 rings (SSSR count). The first-order valence-corrected chi connectivity index (χ1v) is 5.94. The zero-order valence-electron chi connectivity index (χ0n) is 9.42. The van der Waals surface area contributed by atoms with Crippen LogP contribution in [-0.4, -0.2) is 23.5 Å². The molecule has 6 nitrogen and oxygen atoms in total. The predicted octanol–water partition coefficient (Wildman–Crippen LogP) is 2.19. The van der Waals surface area contributed by atoms with E-state index < -0.39 is 4.92 Å². The highest BCUT2D eigenvalue weighted by molar-refractivity contribution is 14.1. The Labute approximate surface area is 113 Å². The van der Waals surface area contributed by atoms with Crippen LogP contribution in [0.3, 0.4) is 0 Å². The maximum absolute atomic E-state index is 10.9. The van der Waals surface area contributed by atoms with Crippen LogP contribution in [0.15, 0.2) is 12.4 Å². The molecule has 0 saturated heterocycles. The Bertz CT molecular complexity index is 472. The second-order valence-electron chi connectivity index (χ2n) is 3.66. The number of nitrogens with zero attached hydrogens (tertiary/aromatic N) is 4. The van der Waals surface area contributed by atoms with Gasteiger partial charge in [0.05, 0.1) is 20.5 Å². The highest BCUT2D eigenvalue weighted by Gasteiger charge is 2.21. The van der Waals surface area contributed by atoms with Crippen LogP contribution in [0.4, 0.5) is 11.4 Å². The molecular formula is C10H11IN4O2. The fourth-order valence-electron chi connectivity index (χ4n) is 1.47. The third kappa shape index (κ3) is 3.26. The zero-order chi connectivity index (χ0) is 13.0. The van der Waals surface area contributed by atoms with Crippen LogP contribution in [0.5, 0.6) is 0 Å². The van der Waals surface area contributed by atoms with Crippen molar-refractivity contribution in [2.45, 2.75) is 6.92 Å². The van der Waals surface area contributed by atoms with E-state index in [1.54, 1.807) is 25.1 Å². The highest BCUT2D eigenvalue weighted by Crippen LogP contribution is 2.31. The molecule has 1 heterocycles. The number of pyridine rings is 1. The molecule has 0 aliphatic heterocycles. The average molecular weight is 346 g/mol. The Hall–Kier alpha value is -1.43. The van der Waals surface area contributed by atoms with E-state index in [0.29, 0.717) is 15.8 Å². The van der Waals surface area contributed by atoms with E-state index in [9.17, 15) is 10.1 Å². The monoisotopic (exact) mass is 346 g/mol. The van der Waals surface area contributed by atoms with Gasteiger partial charge in [0, 0.05) is 19.8 Å². The summed E-state index contributed by atoms with van der Waals surface area (Å²) in [6.07, 6.45) is 2.79. The summed E-state index contributed by atoms with van der Waals surface area (Å²) in [5.74, 6) is -0.191. The van der Waals surface area contributed by atoms with Crippen molar-refractivity contribution in [2.24, 2.45) is 5.92 Å². The van der Waals surface area contributed by atoms with Crippen LogP contribution in [-0.2, 0) is 0 Å². The van der Waals surface area contributed by atoms with Gasteiger partial charge in [0.25, 0.3) is 0 Å². The fourth-order valence-corrected chi connectivity index (χ4v) is 2.32. The van der Waals surface area contributed by atoms with Crippen LogP contribution in [0, 0.1) is 30.9 Å². The van der Waals surface area contributed by atoms with Gasteiger partial charge in [0.1, 0.15) is 11.9 Å². The van der Waals surface area contributed by atoms with E-state index in [4.69, 9.17) is 5.26 Å². The minimum absolute atomic E-state index is 0.0375. The Morgan fingerprint density at radius 2 is 2.35 bits per heavy atom. The minimum atomic E-state index is -0.460. The molecule has 0 fully saturated rings. The van der Waals surface area contributed by atoms with E-state index in [0.717, 1.165) is 0 Å². The van der Waals surface area contributed by atoms with E-state index >= 15 is 0 Å². The number of anilines is 1. The van der Waals surface area contributed by atoms with E-state index in [1.807, 2.05) is 22.6 Å². The van der Waals surface area contributed by atoms with Gasteiger partial charge in [0.15, 0.2) is 0 Å². The van der Waals surface area contributed by atoms with Crippen molar-refractivity contribution in [3.05, 3.63) is 26.1 Å². The van der Waals surface area contributed by atoms with Crippen molar-refractivity contribution < 1.29 is 4.92 Å². The topological polar surface area (TPSA) is 83.1 Å². The molecule has 0 N–H and O–H groups in total. The van der Waals surface area contributed by atoms with Gasteiger partial charge in [-0.15, -0.1) is 0 Å². The molecule has 0 radical (unpaired) electrons. The molecule has 0 saturated carbocycles. The maximum Gasteiger partial charge on any atom is 0.311 e. The Morgan fingerprint density at radius 1 is 1.71 bits per heavy atom. The number of nitro groups is 1. The summed E-state index contributed by atoms with van der Waals surface area (Å²) >= 11 is 2.00. The van der Waals surface area contributed by atoms with Crippen molar-refractivity contribution in [2.75, 3.05) is 18.5 Å². The van der Waals surface area contributed by atoms with Crippen LogP contribution in [0.25, 0.3) is 0 Å². The lowest BCUT2D eigenvalue weighted by atomic mass is 10.2. The van der Waals surface area contributed by atoms with Crippen LogP contribution in [0.2, 0.25) is 0 Å². The molecule has 7 heteroatoms. The first kappa shape index (κ1) is 13.6. The lowest BCUT2D eigenvalue weighted by Crippen LogP contribution is -2.25. The van der Waals surface area contributed by atoms with Gasteiger partial charge in [-0.3, -0.25) is 15.1 Å². The second kappa shape index (κ2) is 5.77. The Kier molecular flexibility index (Phi) is 4.62. The minimum Gasteiger partial charge on any atom is -0.367 e. The predicted molar refractivity (Wildman–Crippen MR) is 71.7 cm³/mol. The number of aromatic nitrogens is 1. The van der Waals surface area contributed by atoms with Gasteiger partial charge in [-0.2, -0.15) is 5.26 Å². The van der Waals surface area contributed by atoms with Gasteiger partial charge in [-0.05, 0) is 29.5 Å². The van der Waals surface area contributed by atoms with Gasteiger partial charge in [-0.1, -0.05) is 0 Å². The van der Waals surface area contributed by atoms with Crippen molar-refractivity contribution >= 4 is 34.0 Å². The molecule has 0 aromatic carbocycles. The number of hydrogen-bond acceptors (Lipinski definition) is 5. The van der Waals surface area contributed by atoms with Gasteiger partial charge < -0.3 is 4.90 Å². The second-order valence-corrected chi connectivity index (χ2v) is 4.82. The average Bonchev–Trinajstić information content (AvgIpc) is 2.28. The van der Waals surface area contributed by atoms with Crippen LogP contribution >= 0.6 is 22.6 Å². The number of rotatable bonds is 4. The summed E-state index contributed by atoms with van der Waals surface area (Å²) in [6.45, 7) is 2.22. The normalized spacial score (nSPS) is 11.6. The molecule has 0 bridgehead atoms. The molecule has 90 valence electrons. The van der Waals surface area contributed by atoms with Gasteiger partial charge in [0.2, 0.25) is 0 Å². The number of halogens is 1. The van der Waals surface area contributed by atoms with Gasteiger partial charge >= 0.3 is 5.69 Å². The summed E-state index contributed by atoms with van der Waals surface area (Å²) in [5.41, 5.74) is 0.470. The number of hydrogen-bond donors (Lipinski definition) is 0. The first-order valence-electron chi connectivity index (χ1n) is 4.86. The summed E-state index contributed by atoms with van der Waals surface area (Å²) in [7, 11) is 1.73. The molecule has 0 spiro atoms. The highest BCUT2D eigenvalue weighted by atomic mass is 127. The fraction of sp³-hybridized carbons (Fsp3) is 0.400. The van der Waals surface area contributed by atoms with Gasteiger partial charge in [-0.25, -0.2) is 0 Å². The molecule has 1 aromatic rings. The smallest absolute Gasteiger partial charge is 0.311 e. The molecule has 0 amide bonds. The van der Waals surface area contributed by atoms with Crippen LogP contribution < -0.4 is 4.90 Å². The van der Waals surface area contributed by atoms with Crippen LogP contribution in [0.1, 0.15) is 6.92 Å². The zero-order valence-corrected chi connectivity index (χ0v) is 11.6. The summed E-state index contributed by atoms with van der Waals surface area (Å²) in [4.78, 5) is 16.0. The number of nitriles is 1. The molecule has 0 aliphatic carbocycles.